The molecule has 0 aliphatic carbocycles. The number of nitrogens with two attached hydrogens (primary N) is 1. The number of hydrogen-bond donors (Lipinski definition) is 1. The van der Waals surface area contributed by atoms with Crippen molar-refractivity contribution in [3.8, 4) is 17.3 Å². The second kappa shape index (κ2) is 7.73. The summed E-state index contributed by atoms with van der Waals surface area (Å²) in [4.78, 5) is 12.6. The number of anilines is 1. The first kappa shape index (κ1) is 16.9. The summed E-state index contributed by atoms with van der Waals surface area (Å²) in [5.41, 5.74) is 7.89. The molecular weight excluding hydrogens is 337 g/mol. The molecule has 3 aromatic rings. The molecule has 0 saturated carbocycles. The first-order valence-corrected chi connectivity index (χ1v) is 8.52. The molecule has 0 radical (unpaired) electrons. The van der Waals surface area contributed by atoms with Crippen LogP contribution in [0.3, 0.4) is 0 Å². The summed E-state index contributed by atoms with van der Waals surface area (Å²) in [6.45, 7) is 0. The van der Waals surface area contributed by atoms with Crippen molar-refractivity contribution in [2.45, 2.75) is 11.4 Å². The van der Waals surface area contributed by atoms with Crippen molar-refractivity contribution >= 4 is 17.7 Å². The molecule has 25 heavy (non-hydrogen) atoms. The number of rotatable bonds is 5. The maximum atomic E-state index is 13.5. The van der Waals surface area contributed by atoms with E-state index in [1.54, 1.807) is 18.3 Å². The van der Waals surface area contributed by atoms with E-state index in [0.29, 0.717) is 27.6 Å². The van der Waals surface area contributed by atoms with Crippen LogP contribution in [0.15, 0.2) is 53.7 Å². The average molecular weight is 351 g/mol. The molecule has 0 aliphatic rings. The second-order valence-electron chi connectivity index (χ2n) is 5.15. The fraction of sp³-hybridized carbons (Fsp3) is 0.111. The van der Waals surface area contributed by atoms with Gasteiger partial charge in [0, 0.05) is 23.2 Å². The predicted molar refractivity (Wildman–Crippen MR) is 95.2 cm³/mol. The van der Waals surface area contributed by atoms with E-state index in [9.17, 15) is 9.65 Å². The highest BCUT2D eigenvalue weighted by Gasteiger charge is 2.16. The van der Waals surface area contributed by atoms with Gasteiger partial charge >= 0.3 is 0 Å². The summed E-state index contributed by atoms with van der Waals surface area (Å²) < 4.78 is 13.5. The van der Waals surface area contributed by atoms with Crippen LogP contribution < -0.4 is 5.73 Å². The Morgan fingerprint density at radius 3 is 2.76 bits per heavy atom. The third-order valence-corrected chi connectivity index (χ3v) is 4.40. The zero-order valence-corrected chi connectivity index (χ0v) is 14.0. The van der Waals surface area contributed by atoms with E-state index in [1.165, 1.54) is 23.9 Å². The summed E-state index contributed by atoms with van der Waals surface area (Å²) in [6, 6.07) is 13.8. The van der Waals surface area contributed by atoms with Crippen LogP contribution >= 0.6 is 11.8 Å². The molecule has 0 amide bonds. The molecule has 0 bridgehead atoms. The zero-order valence-electron chi connectivity index (χ0n) is 13.2. The minimum Gasteiger partial charge on any atom is -0.368 e. The Kier molecular flexibility index (Phi) is 5.21. The quantitative estimate of drug-likeness (QED) is 0.559. The van der Waals surface area contributed by atoms with E-state index >= 15 is 0 Å². The number of nitrogen functional groups attached to an aromatic ring is 1. The predicted octanol–water partition coefficient (Wildman–Crippen LogP) is 3.47. The molecule has 7 heteroatoms. The Bertz CT molecular complexity index is 924. The lowest BCUT2D eigenvalue weighted by Gasteiger charge is -2.09. The molecule has 0 saturated heterocycles. The lowest BCUT2D eigenvalue weighted by Crippen LogP contribution is -2.03. The lowest BCUT2D eigenvalue weighted by atomic mass is 10.1. The summed E-state index contributed by atoms with van der Waals surface area (Å²) in [7, 11) is 0. The van der Waals surface area contributed by atoms with E-state index in [-0.39, 0.29) is 5.95 Å². The number of aromatic nitrogens is 3. The molecule has 0 spiro atoms. The minimum absolute atomic E-state index is 0.0543. The van der Waals surface area contributed by atoms with Gasteiger partial charge in [0.15, 0.2) is 0 Å². The maximum absolute atomic E-state index is 13.5. The minimum atomic E-state index is -0.400. The van der Waals surface area contributed by atoms with Crippen LogP contribution in [0.5, 0.6) is 0 Å². The number of halogens is 1. The number of hydrogen-bond acceptors (Lipinski definition) is 6. The van der Waals surface area contributed by atoms with Gasteiger partial charge in [0.05, 0.1) is 5.69 Å². The largest absolute Gasteiger partial charge is 0.368 e. The zero-order chi connectivity index (χ0) is 17.6. The lowest BCUT2D eigenvalue weighted by molar-refractivity contribution is 0.628. The van der Waals surface area contributed by atoms with Gasteiger partial charge in [-0.15, -0.1) is 11.8 Å². The number of thioether (sulfide) groups is 1. The molecule has 5 nitrogen and oxygen atoms in total. The van der Waals surface area contributed by atoms with Gasteiger partial charge in [-0.1, -0.05) is 18.2 Å². The van der Waals surface area contributed by atoms with Crippen molar-refractivity contribution in [3.05, 3.63) is 65.7 Å². The van der Waals surface area contributed by atoms with Crippen molar-refractivity contribution in [2.75, 3.05) is 11.5 Å². The van der Waals surface area contributed by atoms with E-state index in [1.807, 2.05) is 18.2 Å². The molecule has 2 aromatic heterocycles. The fourth-order valence-corrected chi connectivity index (χ4v) is 3.25. The monoisotopic (exact) mass is 351 g/mol. The normalized spacial score (nSPS) is 10.4. The van der Waals surface area contributed by atoms with E-state index in [2.05, 4.69) is 21.0 Å². The molecule has 124 valence electrons. The van der Waals surface area contributed by atoms with Crippen molar-refractivity contribution in [1.29, 1.82) is 5.26 Å². The summed E-state index contributed by atoms with van der Waals surface area (Å²) in [6.07, 6.45) is 2.47. The first-order valence-electron chi connectivity index (χ1n) is 7.53. The topological polar surface area (TPSA) is 88.5 Å². The molecule has 0 fully saturated rings. The Morgan fingerprint density at radius 2 is 2.04 bits per heavy atom. The van der Waals surface area contributed by atoms with Crippen LogP contribution in [-0.4, -0.2) is 20.7 Å². The third-order valence-electron chi connectivity index (χ3n) is 3.43. The van der Waals surface area contributed by atoms with E-state index in [4.69, 9.17) is 5.73 Å². The highest BCUT2D eigenvalue weighted by Crippen LogP contribution is 2.30. The summed E-state index contributed by atoms with van der Waals surface area (Å²) in [5.74, 6) is 0.339. The highest BCUT2D eigenvalue weighted by atomic mass is 32.2. The first-order chi connectivity index (χ1) is 12.2. The third kappa shape index (κ3) is 4.11. The van der Waals surface area contributed by atoms with Gasteiger partial charge in [0.25, 0.3) is 0 Å². The number of aryl methyl sites for hydroxylation is 1. The Labute approximate surface area is 148 Å². The van der Waals surface area contributed by atoms with Crippen LogP contribution in [0.4, 0.5) is 10.3 Å². The average Bonchev–Trinajstić information content (AvgIpc) is 2.62. The van der Waals surface area contributed by atoms with Crippen molar-refractivity contribution < 1.29 is 4.39 Å². The number of benzene rings is 1. The summed E-state index contributed by atoms with van der Waals surface area (Å²) in [5, 5.41) is 10.0. The SMILES string of the molecule is N#Cc1c(SCCc2ccccn2)nc(N)nc1-c1cccc(F)c1. The van der Waals surface area contributed by atoms with E-state index in [0.717, 1.165) is 12.1 Å². The molecule has 2 heterocycles. The van der Waals surface area contributed by atoms with Crippen LogP contribution in [0.25, 0.3) is 11.3 Å². The van der Waals surface area contributed by atoms with Gasteiger partial charge < -0.3 is 5.73 Å². The molecule has 3 rings (SSSR count). The number of pyridine rings is 1. The standard InChI is InChI=1S/C18H14FN5S/c19-13-5-3-4-12(10-13)16-15(11-20)17(24-18(21)23-16)25-9-7-14-6-1-2-8-22-14/h1-6,8,10H,7,9H2,(H2,21,23,24). The molecule has 1 aromatic carbocycles. The van der Waals surface area contributed by atoms with Gasteiger partial charge in [-0.25, -0.2) is 14.4 Å². The Morgan fingerprint density at radius 1 is 1.16 bits per heavy atom. The molecule has 0 unspecified atom stereocenters. The van der Waals surface area contributed by atoms with Gasteiger partial charge in [0.2, 0.25) is 5.95 Å². The van der Waals surface area contributed by atoms with Gasteiger partial charge in [-0.3, -0.25) is 4.98 Å². The fourth-order valence-electron chi connectivity index (χ4n) is 2.30. The number of nitrogens with zero attached hydrogens (tertiary/aromatic N) is 4. The Balaban J connectivity index is 1.88. The molecule has 0 aliphatic heterocycles. The molecule has 0 atom stereocenters. The maximum Gasteiger partial charge on any atom is 0.221 e. The van der Waals surface area contributed by atoms with Crippen LogP contribution in [-0.2, 0) is 6.42 Å². The van der Waals surface area contributed by atoms with Crippen molar-refractivity contribution in [3.63, 3.8) is 0 Å². The van der Waals surface area contributed by atoms with Crippen molar-refractivity contribution in [2.24, 2.45) is 0 Å². The molecular formula is C18H14FN5S. The van der Waals surface area contributed by atoms with Crippen LogP contribution in [0.2, 0.25) is 0 Å². The van der Waals surface area contributed by atoms with Gasteiger partial charge in [-0.2, -0.15) is 5.26 Å². The Hall–Kier alpha value is -2.98. The van der Waals surface area contributed by atoms with Gasteiger partial charge in [0.1, 0.15) is 22.5 Å². The smallest absolute Gasteiger partial charge is 0.221 e. The summed E-state index contributed by atoms with van der Waals surface area (Å²) >= 11 is 1.41. The number of nitriles is 1. The van der Waals surface area contributed by atoms with Crippen molar-refractivity contribution in [1.82, 2.24) is 15.0 Å². The second-order valence-corrected chi connectivity index (χ2v) is 6.24. The van der Waals surface area contributed by atoms with E-state index < -0.39 is 5.82 Å². The van der Waals surface area contributed by atoms with Gasteiger partial charge in [-0.05, 0) is 30.7 Å². The highest BCUT2D eigenvalue weighted by molar-refractivity contribution is 7.99. The van der Waals surface area contributed by atoms with Crippen LogP contribution in [0.1, 0.15) is 11.3 Å². The molecule has 2 N–H and O–H groups in total. The van der Waals surface area contributed by atoms with Crippen LogP contribution in [0, 0.1) is 17.1 Å².